The van der Waals surface area contributed by atoms with Crippen molar-refractivity contribution in [1.82, 2.24) is 0 Å². The molecule has 0 heterocycles. The number of hydrogen-bond donors (Lipinski definition) is 1. The minimum Gasteiger partial charge on any atom is -0.397 e. The number of hydrogen-bond acceptors (Lipinski definition) is 4. The van der Waals surface area contributed by atoms with Crippen LogP contribution in [-0.4, -0.2) is 4.92 Å². The Labute approximate surface area is 86.6 Å². The van der Waals surface area contributed by atoms with Crippen LogP contribution >= 0.6 is 0 Å². The third-order valence-electron chi connectivity index (χ3n) is 1.96. The smallest absolute Gasteiger partial charge is 0.269 e. The van der Waals surface area contributed by atoms with E-state index in [0.29, 0.717) is 16.8 Å². The number of nitro benzene ring substituents is 1. The van der Waals surface area contributed by atoms with E-state index in [1.807, 2.05) is 6.07 Å². The Morgan fingerprint density at radius 1 is 1.47 bits per heavy atom. The van der Waals surface area contributed by atoms with Gasteiger partial charge in [-0.2, -0.15) is 5.26 Å². The van der Waals surface area contributed by atoms with Crippen LogP contribution in [0.5, 0.6) is 0 Å². The molecule has 0 spiro atoms. The van der Waals surface area contributed by atoms with Crippen molar-refractivity contribution in [2.24, 2.45) is 5.73 Å². The van der Waals surface area contributed by atoms with Gasteiger partial charge in [-0.3, -0.25) is 10.1 Å². The molecule has 2 N–H and O–H groups in total. The van der Waals surface area contributed by atoms with Gasteiger partial charge in [-0.1, -0.05) is 0 Å². The molecule has 0 saturated heterocycles. The maximum Gasteiger partial charge on any atom is 0.269 e. The Balaban J connectivity index is 3.11. The number of benzene rings is 1. The van der Waals surface area contributed by atoms with Crippen LogP contribution in [0.3, 0.4) is 0 Å². The van der Waals surface area contributed by atoms with Crippen LogP contribution in [0.2, 0.25) is 0 Å². The zero-order chi connectivity index (χ0) is 11.4. The lowest BCUT2D eigenvalue weighted by Crippen LogP contribution is -1.99. The van der Waals surface area contributed by atoms with Crippen molar-refractivity contribution in [3.8, 4) is 6.07 Å². The van der Waals surface area contributed by atoms with Gasteiger partial charge in [0.1, 0.15) is 0 Å². The van der Waals surface area contributed by atoms with E-state index in [2.05, 4.69) is 0 Å². The molecule has 0 aliphatic heterocycles. The Morgan fingerprint density at radius 2 is 2.00 bits per heavy atom. The van der Waals surface area contributed by atoms with Gasteiger partial charge in [-0.25, -0.2) is 0 Å². The van der Waals surface area contributed by atoms with Gasteiger partial charge in [0, 0.05) is 17.7 Å². The van der Waals surface area contributed by atoms with Crippen molar-refractivity contribution in [1.29, 1.82) is 5.26 Å². The summed E-state index contributed by atoms with van der Waals surface area (Å²) in [6, 6.07) is 7.67. The van der Waals surface area contributed by atoms with Crippen LogP contribution in [0.25, 0.3) is 5.70 Å². The highest BCUT2D eigenvalue weighted by Crippen LogP contribution is 2.17. The number of non-ortho nitro benzene ring substituents is 1. The van der Waals surface area contributed by atoms with E-state index in [9.17, 15) is 10.1 Å². The largest absolute Gasteiger partial charge is 0.397 e. The molecule has 0 atom stereocenters. The third kappa shape index (κ3) is 2.31. The fourth-order valence-electron chi connectivity index (χ4n) is 1.04. The second-order valence-electron chi connectivity index (χ2n) is 2.95. The van der Waals surface area contributed by atoms with Gasteiger partial charge in [0.05, 0.1) is 16.7 Å². The first-order valence-corrected chi connectivity index (χ1v) is 4.17. The molecule has 0 saturated carbocycles. The monoisotopic (exact) mass is 203 g/mol. The van der Waals surface area contributed by atoms with Gasteiger partial charge >= 0.3 is 0 Å². The molecule has 0 bridgehead atoms. The second kappa shape index (κ2) is 4.24. The van der Waals surface area contributed by atoms with Crippen molar-refractivity contribution >= 4 is 11.4 Å². The predicted octanol–water partition coefficient (Wildman–Crippen LogP) is 1.81. The fourth-order valence-corrected chi connectivity index (χ4v) is 1.04. The Kier molecular flexibility index (Phi) is 3.03. The summed E-state index contributed by atoms with van der Waals surface area (Å²) in [5.74, 6) is 0. The summed E-state index contributed by atoms with van der Waals surface area (Å²) in [6.07, 6.45) is 0. The lowest BCUT2D eigenvalue weighted by atomic mass is 10.1. The first kappa shape index (κ1) is 10.7. The SMILES string of the molecule is C/C(C#N)=C(/N)c1ccc([N+](=O)[O-])cc1. The minimum absolute atomic E-state index is 0.00107. The van der Waals surface area contributed by atoms with Crippen molar-refractivity contribution in [2.45, 2.75) is 6.92 Å². The van der Waals surface area contributed by atoms with Gasteiger partial charge in [0.25, 0.3) is 5.69 Å². The summed E-state index contributed by atoms with van der Waals surface area (Å²) < 4.78 is 0. The highest BCUT2D eigenvalue weighted by Gasteiger charge is 2.06. The van der Waals surface area contributed by atoms with Gasteiger partial charge in [0.2, 0.25) is 0 Å². The molecule has 1 aromatic rings. The molecule has 1 aromatic carbocycles. The molecule has 0 unspecified atom stereocenters. The summed E-state index contributed by atoms with van der Waals surface area (Å²) in [4.78, 5) is 9.90. The highest BCUT2D eigenvalue weighted by atomic mass is 16.6. The molecule has 5 nitrogen and oxygen atoms in total. The van der Waals surface area contributed by atoms with Gasteiger partial charge in [-0.15, -0.1) is 0 Å². The summed E-state index contributed by atoms with van der Waals surface area (Å²) in [5.41, 5.74) is 7.01. The van der Waals surface area contributed by atoms with Crippen molar-refractivity contribution in [2.75, 3.05) is 0 Å². The summed E-state index contributed by atoms with van der Waals surface area (Å²) >= 11 is 0. The summed E-state index contributed by atoms with van der Waals surface area (Å²) in [7, 11) is 0. The predicted molar refractivity (Wildman–Crippen MR) is 55.5 cm³/mol. The van der Waals surface area contributed by atoms with E-state index < -0.39 is 4.92 Å². The standard InChI is InChI=1S/C10H9N3O2/c1-7(6-11)10(12)8-2-4-9(5-3-8)13(14)15/h2-5H,12H2,1H3/b10-7-. The van der Waals surface area contributed by atoms with Crippen LogP contribution in [0.4, 0.5) is 5.69 Å². The maximum atomic E-state index is 10.4. The lowest BCUT2D eigenvalue weighted by Gasteiger charge is -2.01. The Morgan fingerprint density at radius 3 is 2.40 bits per heavy atom. The topological polar surface area (TPSA) is 93.0 Å². The summed E-state index contributed by atoms with van der Waals surface area (Å²) in [6.45, 7) is 1.59. The first-order chi connectivity index (χ1) is 7.06. The molecule has 0 fully saturated rings. The molecule has 1 rings (SSSR count). The molecule has 0 radical (unpaired) electrons. The first-order valence-electron chi connectivity index (χ1n) is 4.17. The van der Waals surface area contributed by atoms with Crippen molar-refractivity contribution < 1.29 is 4.92 Å². The molecule has 0 aliphatic rings. The number of nitrogens with two attached hydrogens (primary N) is 1. The second-order valence-corrected chi connectivity index (χ2v) is 2.95. The molecule has 76 valence electrons. The number of nitrogens with zero attached hydrogens (tertiary/aromatic N) is 2. The van der Waals surface area contributed by atoms with E-state index in [1.165, 1.54) is 24.3 Å². The molecule has 5 heteroatoms. The Hall–Kier alpha value is -2.35. The van der Waals surface area contributed by atoms with Crippen molar-refractivity contribution in [3.63, 3.8) is 0 Å². The van der Waals surface area contributed by atoms with E-state index in [1.54, 1.807) is 6.92 Å². The van der Waals surface area contributed by atoms with Gasteiger partial charge in [0.15, 0.2) is 0 Å². The minimum atomic E-state index is -0.485. The van der Waals surface area contributed by atoms with E-state index >= 15 is 0 Å². The van der Waals surface area contributed by atoms with Crippen LogP contribution in [0.1, 0.15) is 12.5 Å². The number of nitriles is 1. The van der Waals surface area contributed by atoms with Gasteiger partial charge in [-0.05, 0) is 24.6 Å². The average molecular weight is 203 g/mol. The quantitative estimate of drug-likeness (QED) is 0.450. The van der Waals surface area contributed by atoms with Crippen LogP contribution < -0.4 is 5.73 Å². The number of nitro groups is 1. The van der Waals surface area contributed by atoms with Crippen LogP contribution in [0.15, 0.2) is 29.8 Å². The zero-order valence-electron chi connectivity index (χ0n) is 8.10. The van der Waals surface area contributed by atoms with Crippen LogP contribution in [-0.2, 0) is 0 Å². The zero-order valence-corrected chi connectivity index (χ0v) is 8.10. The van der Waals surface area contributed by atoms with E-state index in [4.69, 9.17) is 11.0 Å². The molecule has 0 aromatic heterocycles. The normalized spacial score (nSPS) is 11.5. The van der Waals surface area contributed by atoms with E-state index in [0.717, 1.165) is 0 Å². The highest BCUT2D eigenvalue weighted by molar-refractivity contribution is 5.69. The van der Waals surface area contributed by atoms with Crippen molar-refractivity contribution in [3.05, 3.63) is 45.5 Å². The molecular weight excluding hydrogens is 194 g/mol. The third-order valence-corrected chi connectivity index (χ3v) is 1.96. The average Bonchev–Trinajstić information content (AvgIpc) is 2.27. The number of allylic oxidation sites excluding steroid dienone is 1. The fraction of sp³-hybridized carbons (Fsp3) is 0.100. The number of rotatable bonds is 2. The molecule has 15 heavy (non-hydrogen) atoms. The maximum absolute atomic E-state index is 10.4. The summed E-state index contributed by atoms with van der Waals surface area (Å²) in [5, 5.41) is 19.0. The van der Waals surface area contributed by atoms with E-state index in [-0.39, 0.29) is 5.69 Å². The van der Waals surface area contributed by atoms with Crippen LogP contribution in [0, 0.1) is 21.4 Å². The Bertz CT molecular complexity index is 455. The molecule has 0 amide bonds. The molecule has 0 aliphatic carbocycles. The van der Waals surface area contributed by atoms with Gasteiger partial charge < -0.3 is 5.73 Å². The molecular formula is C10H9N3O2. The lowest BCUT2D eigenvalue weighted by molar-refractivity contribution is -0.384.